The molecule has 1 heterocycles. The van der Waals surface area contributed by atoms with Gasteiger partial charge in [-0.3, -0.25) is 0 Å². The Bertz CT molecular complexity index is 628. The van der Waals surface area contributed by atoms with Crippen molar-refractivity contribution in [3.05, 3.63) is 28.0 Å². The van der Waals surface area contributed by atoms with Gasteiger partial charge in [-0.1, -0.05) is 55.3 Å². The number of benzene rings is 1. The Morgan fingerprint density at radius 3 is 2.29 bits per heavy atom. The minimum Gasteiger partial charge on any atom is -0.324 e. The lowest BCUT2D eigenvalue weighted by molar-refractivity contribution is 0.373. The van der Waals surface area contributed by atoms with E-state index >= 15 is 0 Å². The Hall–Kier alpha value is -0.440. The van der Waals surface area contributed by atoms with Gasteiger partial charge in [-0.05, 0) is 25.0 Å². The summed E-state index contributed by atoms with van der Waals surface area (Å²) in [7, 11) is 0. The molecule has 0 unspecified atom stereocenters. The zero-order valence-electron chi connectivity index (χ0n) is 11.9. The van der Waals surface area contributed by atoms with Gasteiger partial charge in [0.05, 0.1) is 27.0 Å². The number of alkyl halides is 1. The molecule has 0 aliphatic heterocycles. The van der Waals surface area contributed by atoms with Gasteiger partial charge in [-0.2, -0.15) is 0 Å². The summed E-state index contributed by atoms with van der Waals surface area (Å²) in [5, 5.41) is 1.13. The lowest BCUT2D eigenvalue weighted by Crippen LogP contribution is -2.13. The van der Waals surface area contributed by atoms with Crippen molar-refractivity contribution in [1.29, 1.82) is 0 Å². The molecule has 0 radical (unpaired) electrons. The van der Waals surface area contributed by atoms with Gasteiger partial charge in [-0.25, -0.2) is 4.98 Å². The Morgan fingerprint density at radius 1 is 1.00 bits per heavy atom. The molecule has 0 spiro atoms. The highest BCUT2D eigenvalue weighted by Crippen LogP contribution is 2.34. The summed E-state index contributed by atoms with van der Waals surface area (Å²) in [4.78, 5) is 4.65. The quantitative estimate of drug-likeness (QED) is 0.578. The molecule has 2 nitrogen and oxygen atoms in total. The first-order valence-corrected chi connectivity index (χ1v) is 8.91. The van der Waals surface area contributed by atoms with Crippen molar-refractivity contribution in [2.75, 3.05) is 0 Å². The number of fused-ring (bicyclic) bond motifs is 1. The monoisotopic (exact) mass is 344 g/mol. The summed E-state index contributed by atoms with van der Waals surface area (Å²) < 4.78 is 2.30. The molecule has 0 amide bonds. The molecule has 0 atom stereocenters. The fourth-order valence-corrected chi connectivity index (χ4v) is 3.84. The number of hydrogen-bond acceptors (Lipinski definition) is 1. The second-order valence-corrected chi connectivity index (χ2v) is 6.87. The fourth-order valence-electron chi connectivity index (χ4n) is 3.33. The Labute approximate surface area is 140 Å². The molecule has 1 fully saturated rings. The topological polar surface area (TPSA) is 17.8 Å². The van der Waals surface area contributed by atoms with Gasteiger partial charge >= 0.3 is 0 Å². The normalized spacial score (nSPS) is 17.9. The zero-order valence-corrected chi connectivity index (χ0v) is 14.2. The summed E-state index contributed by atoms with van der Waals surface area (Å²) >= 11 is 18.4. The van der Waals surface area contributed by atoms with Gasteiger partial charge in [0.15, 0.2) is 0 Å². The molecule has 5 heteroatoms. The first kappa shape index (κ1) is 15.5. The number of hydrogen-bond donors (Lipinski definition) is 0. The van der Waals surface area contributed by atoms with Crippen LogP contribution in [0, 0.1) is 0 Å². The largest absolute Gasteiger partial charge is 0.324 e. The molecule has 114 valence electrons. The first-order valence-electron chi connectivity index (χ1n) is 7.62. The second kappa shape index (κ2) is 6.76. The molecule has 1 aromatic carbocycles. The van der Waals surface area contributed by atoms with E-state index in [1.54, 1.807) is 0 Å². The molecular weight excluding hydrogens is 327 g/mol. The van der Waals surface area contributed by atoms with E-state index in [0.29, 0.717) is 22.0 Å². The van der Waals surface area contributed by atoms with Crippen LogP contribution in [0.2, 0.25) is 10.0 Å². The standard InChI is InChI=1S/C16H19Cl3N2/c17-10-16-20-14-8-12(18)13(19)9-15(14)21(16)11-6-4-2-1-3-5-7-11/h8-9,11H,1-7,10H2. The van der Waals surface area contributed by atoms with Crippen LogP contribution in [0.1, 0.15) is 56.8 Å². The maximum absolute atomic E-state index is 6.20. The number of imidazole rings is 1. The van der Waals surface area contributed by atoms with Gasteiger partial charge in [0.1, 0.15) is 5.82 Å². The SMILES string of the molecule is ClCc1nc2cc(Cl)c(Cl)cc2n1C1CCCCCCC1. The van der Waals surface area contributed by atoms with Crippen molar-refractivity contribution in [3.63, 3.8) is 0 Å². The Morgan fingerprint density at radius 2 is 1.62 bits per heavy atom. The maximum Gasteiger partial charge on any atom is 0.125 e. The molecule has 1 saturated carbocycles. The van der Waals surface area contributed by atoms with Crippen LogP contribution in [0.3, 0.4) is 0 Å². The number of rotatable bonds is 2. The highest BCUT2D eigenvalue weighted by Gasteiger charge is 2.20. The van der Waals surface area contributed by atoms with Crippen molar-refractivity contribution in [2.24, 2.45) is 0 Å². The van der Waals surface area contributed by atoms with E-state index in [0.717, 1.165) is 16.9 Å². The Balaban J connectivity index is 2.07. The molecule has 0 bridgehead atoms. The third-order valence-electron chi connectivity index (χ3n) is 4.36. The van der Waals surface area contributed by atoms with Gasteiger partial charge in [0, 0.05) is 6.04 Å². The van der Waals surface area contributed by atoms with Crippen molar-refractivity contribution in [3.8, 4) is 0 Å². The van der Waals surface area contributed by atoms with Crippen LogP contribution < -0.4 is 0 Å². The average molecular weight is 346 g/mol. The van der Waals surface area contributed by atoms with Crippen LogP contribution in [0.5, 0.6) is 0 Å². The third kappa shape index (κ3) is 3.18. The molecule has 3 rings (SSSR count). The van der Waals surface area contributed by atoms with Crippen molar-refractivity contribution in [1.82, 2.24) is 9.55 Å². The summed E-state index contributed by atoms with van der Waals surface area (Å²) in [5.41, 5.74) is 1.95. The molecule has 21 heavy (non-hydrogen) atoms. The van der Waals surface area contributed by atoms with Crippen LogP contribution in [-0.4, -0.2) is 9.55 Å². The van der Waals surface area contributed by atoms with Crippen LogP contribution in [-0.2, 0) is 5.88 Å². The minimum atomic E-state index is 0.417. The summed E-state index contributed by atoms with van der Waals surface area (Å²) in [6.07, 6.45) is 8.94. The summed E-state index contributed by atoms with van der Waals surface area (Å²) in [6.45, 7) is 0. The molecule has 1 aliphatic carbocycles. The zero-order chi connectivity index (χ0) is 14.8. The van der Waals surface area contributed by atoms with Gasteiger partial charge in [0.25, 0.3) is 0 Å². The predicted molar refractivity (Wildman–Crippen MR) is 90.7 cm³/mol. The summed E-state index contributed by atoms with van der Waals surface area (Å²) in [6, 6.07) is 4.25. The molecular formula is C16H19Cl3N2. The fraction of sp³-hybridized carbons (Fsp3) is 0.562. The van der Waals surface area contributed by atoms with E-state index in [4.69, 9.17) is 34.8 Å². The average Bonchev–Trinajstić information content (AvgIpc) is 2.77. The molecule has 0 saturated heterocycles. The molecule has 2 aromatic rings. The van der Waals surface area contributed by atoms with E-state index in [1.165, 1.54) is 44.9 Å². The van der Waals surface area contributed by atoms with Crippen molar-refractivity contribution >= 4 is 45.8 Å². The van der Waals surface area contributed by atoms with Gasteiger partial charge < -0.3 is 4.57 Å². The molecule has 1 aromatic heterocycles. The Kier molecular flexibility index (Phi) is 4.98. The lowest BCUT2D eigenvalue weighted by Gasteiger charge is -2.23. The van der Waals surface area contributed by atoms with Crippen molar-refractivity contribution in [2.45, 2.75) is 56.9 Å². The first-order chi connectivity index (χ1) is 10.2. The van der Waals surface area contributed by atoms with Gasteiger partial charge in [0.2, 0.25) is 0 Å². The molecule has 1 aliphatic rings. The number of aromatic nitrogens is 2. The third-order valence-corrected chi connectivity index (χ3v) is 5.33. The smallest absolute Gasteiger partial charge is 0.125 e. The highest BCUT2D eigenvalue weighted by molar-refractivity contribution is 6.42. The predicted octanol–water partition coefficient (Wildman–Crippen LogP) is 6.37. The van der Waals surface area contributed by atoms with Crippen LogP contribution in [0.4, 0.5) is 0 Å². The van der Waals surface area contributed by atoms with Crippen LogP contribution in [0.25, 0.3) is 11.0 Å². The van der Waals surface area contributed by atoms with Gasteiger partial charge in [-0.15, -0.1) is 11.6 Å². The number of nitrogens with zero attached hydrogens (tertiary/aromatic N) is 2. The second-order valence-electron chi connectivity index (χ2n) is 5.79. The highest BCUT2D eigenvalue weighted by atomic mass is 35.5. The van der Waals surface area contributed by atoms with E-state index in [1.807, 2.05) is 12.1 Å². The summed E-state index contributed by atoms with van der Waals surface area (Å²) in [5.74, 6) is 1.34. The van der Waals surface area contributed by atoms with Crippen LogP contribution in [0.15, 0.2) is 12.1 Å². The minimum absolute atomic E-state index is 0.417. The lowest BCUT2D eigenvalue weighted by atomic mass is 9.96. The number of halogens is 3. The molecule has 0 N–H and O–H groups in total. The van der Waals surface area contributed by atoms with E-state index in [9.17, 15) is 0 Å². The van der Waals surface area contributed by atoms with Crippen molar-refractivity contribution < 1.29 is 0 Å². The van der Waals surface area contributed by atoms with E-state index < -0.39 is 0 Å². The maximum atomic E-state index is 6.20. The van der Waals surface area contributed by atoms with Crippen LogP contribution >= 0.6 is 34.8 Å². The van der Waals surface area contributed by atoms with E-state index in [2.05, 4.69) is 9.55 Å². The van der Waals surface area contributed by atoms with E-state index in [-0.39, 0.29) is 0 Å².